The Morgan fingerprint density at radius 2 is 2.18 bits per heavy atom. The molecule has 0 saturated heterocycles. The number of halogens is 1. The van der Waals surface area contributed by atoms with E-state index in [2.05, 4.69) is 10.3 Å². The Kier molecular flexibility index (Phi) is 2.86. The molecular formula is C11H10FN3O2. The zero-order chi connectivity index (χ0) is 12.4. The number of aromatic carboxylic acids is 1. The fraction of sp³-hybridized carbons (Fsp3) is 0.182. The maximum Gasteiger partial charge on any atom is 0.358 e. The molecule has 1 N–H and O–H groups in total. The summed E-state index contributed by atoms with van der Waals surface area (Å²) >= 11 is 0. The molecule has 17 heavy (non-hydrogen) atoms. The normalized spacial score (nSPS) is 10.5. The van der Waals surface area contributed by atoms with E-state index < -0.39 is 11.8 Å². The van der Waals surface area contributed by atoms with Gasteiger partial charge in [0.2, 0.25) is 0 Å². The van der Waals surface area contributed by atoms with Gasteiger partial charge in [-0.05, 0) is 18.6 Å². The molecule has 2 rings (SSSR count). The van der Waals surface area contributed by atoms with Crippen molar-refractivity contribution in [3.8, 4) is 5.69 Å². The average Bonchev–Trinajstić information content (AvgIpc) is 2.73. The van der Waals surface area contributed by atoms with Gasteiger partial charge in [-0.15, -0.1) is 5.10 Å². The lowest BCUT2D eigenvalue weighted by atomic mass is 10.2. The highest BCUT2D eigenvalue weighted by molar-refractivity contribution is 5.86. The predicted octanol–water partition coefficient (Wildman–Crippen LogP) is 1.67. The summed E-state index contributed by atoms with van der Waals surface area (Å²) in [6.07, 6.45) is 0.406. The Balaban J connectivity index is 2.61. The second-order valence-corrected chi connectivity index (χ2v) is 3.41. The van der Waals surface area contributed by atoms with E-state index in [1.54, 1.807) is 19.1 Å². The van der Waals surface area contributed by atoms with Crippen LogP contribution in [-0.2, 0) is 6.42 Å². The topological polar surface area (TPSA) is 68.0 Å². The first kappa shape index (κ1) is 11.3. The van der Waals surface area contributed by atoms with Crippen molar-refractivity contribution in [2.24, 2.45) is 0 Å². The molecule has 2 aromatic rings. The van der Waals surface area contributed by atoms with Gasteiger partial charge in [0, 0.05) is 0 Å². The maximum absolute atomic E-state index is 13.6. The van der Waals surface area contributed by atoms with Crippen molar-refractivity contribution in [1.82, 2.24) is 15.0 Å². The molecule has 0 aliphatic carbocycles. The molecule has 0 saturated carbocycles. The third kappa shape index (κ3) is 1.89. The second-order valence-electron chi connectivity index (χ2n) is 3.41. The molecular weight excluding hydrogens is 225 g/mol. The number of carboxylic acids is 1. The summed E-state index contributed by atoms with van der Waals surface area (Å²) in [5.41, 5.74) is 0.433. The standard InChI is InChI=1S/C11H10FN3O2/c1-2-8-10(11(16)17)13-14-15(8)9-6-4-3-5-7(9)12/h3-6H,2H2,1H3,(H,16,17). The van der Waals surface area contributed by atoms with E-state index in [-0.39, 0.29) is 11.4 Å². The molecule has 88 valence electrons. The second kappa shape index (κ2) is 4.32. The van der Waals surface area contributed by atoms with Crippen LogP contribution in [0.2, 0.25) is 0 Å². The van der Waals surface area contributed by atoms with Gasteiger partial charge in [-0.2, -0.15) is 0 Å². The molecule has 0 atom stereocenters. The number of benzene rings is 1. The number of hydrogen-bond acceptors (Lipinski definition) is 3. The van der Waals surface area contributed by atoms with Crippen LogP contribution in [0.3, 0.4) is 0 Å². The van der Waals surface area contributed by atoms with E-state index in [1.165, 1.54) is 16.8 Å². The fourth-order valence-electron chi connectivity index (χ4n) is 1.60. The lowest BCUT2D eigenvalue weighted by molar-refractivity contribution is 0.0689. The smallest absolute Gasteiger partial charge is 0.358 e. The van der Waals surface area contributed by atoms with Gasteiger partial charge in [-0.1, -0.05) is 24.3 Å². The lowest BCUT2D eigenvalue weighted by Crippen LogP contribution is -2.07. The Morgan fingerprint density at radius 3 is 2.76 bits per heavy atom. The summed E-state index contributed by atoms with van der Waals surface area (Å²) in [7, 11) is 0. The lowest BCUT2D eigenvalue weighted by Gasteiger charge is -2.05. The van der Waals surface area contributed by atoms with Crippen LogP contribution in [0.15, 0.2) is 24.3 Å². The molecule has 1 aromatic heterocycles. The van der Waals surface area contributed by atoms with E-state index >= 15 is 0 Å². The van der Waals surface area contributed by atoms with Crippen LogP contribution in [0.5, 0.6) is 0 Å². The van der Waals surface area contributed by atoms with Crippen LogP contribution in [0, 0.1) is 5.82 Å². The molecule has 6 heteroatoms. The molecule has 0 bridgehead atoms. The van der Waals surface area contributed by atoms with Crippen molar-refractivity contribution in [2.75, 3.05) is 0 Å². The molecule has 5 nitrogen and oxygen atoms in total. The molecule has 0 aliphatic heterocycles. The van der Waals surface area contributed by atoms with Crippen molar-refractivity contribution in [2.45, 2.75) is 13.3 Å². The van der Waals surface area contributed by atoms with Gasteiger partial charge in [0.1, 0.15) is 11.5 Å². The summed E-state index contributed by atoms with van der Waals surface area (Å²) in [5, 5.41) is 16.2. The fourth-order valence-corrected chi connectivity index (χ4v) is 1.60. The summed E-state index contributed by atoms with van der Waals surface area (Å²) in [6.45, 7) is 1.77. The number of rotatable bonds is 3. The highest BCUT2D eigenvalue weighted by Crippen LogP contribution is 2.16. The molecule has 0 spiro atoms. The van der Waals surface area contributed by atoms with Crippen molar-refractivity contribution >= 4 is 5.97 Å². The maximum atomic E-state index is 13.6. The van der Waals surface area contributed by atoms with Gasteiger partial charge in [0.15, 0.2) is 5.69 Å². The Hall–Kier alpha value is -2.24. The summed E-state index contributed by atoms with van der Waals surface area (Å²) in [5.74, 6) is -1.63. The van der Waals surface area contributed by atoms with E-state index in [9.17, 15) is 9.18 Å². The number of nitrogens with zero attached hydrogens (tertiary/aromatic N) is 3. The minimum absolute atomic E-state index is 0.143. The van der Waals surface area contributed by atoms with Crippen LogP contribution < -0.4 is 0 Å². The third-order valence-electron chi connectivity index (χ3n) is 2.38. The molecule has 1 aromatic carbocycles. The van der Waals surface area contributed by atoms with Gasteiger partial charge < -0.3 is 5.11 Å². The van der Waals surface area contributed by atoms with Crippen molar-refractivity contribution in [1.29, 1.82) is 0 Å². The van der Waals surface area contributed by atoms with E-state index in [1.807, 2.05) is 0 Å². The molecule has 0 fully saturated rings. The zero-order valence-electron chi connectivity index (χ0n) is 9.09. The Labute approximate surface area is 96.5 Å². The molecule has 1 heterocycles. The Morgan fingerprint density at radius 1 is 1.47 bits per heavy atom. The first-order valence-electron chi connectivity index (χ1n) is 5.08. The van der Waals surface area contributed by atoms with Gasteiger partial charge >= 0.3 is 5.97 Å². The van der Waals surface area contributed by atoms with Crippen LogP contribution in [0.1, 0.15) is 23.1 Å². The van der Waals surface area contributed by atoms with Crippen LogP contribution >= 0.6 is 0 Å². The molecule has 0 unspecified atom stereocenters. The quantitative estimate of drug-likeness (QED) is 0.878. The van der Waals surface area contributed by atoms with Gasteiger partial charge in [-0.25, -0.2) is 13.9 Å². The van der Waals surface area contributed by atoms with E-state index in [0.29, 0.717) is 12.1 Å². The first-order valence-corrected chi connectivity index (χ1v) is 5.08. The number of carboxylic acid groups (broad SMARTS) is 1. The van der Waals surface area contributed by atoms with Crippen LogP contribution in [0.25, 0.3) is 5.69 Å². The monoisotopic (exact) mass is 235 g/mol. The minimum atomic E-state index is -1.16. The van der Waals surface area contributed by atoms with Gasteiger partial charge in [0.25, 0.3) is 0 Å². The molecule has 0 radical (unpaired) electrons. The van der Waals surface area contributed by atoms with E-state index in [0.717, 1.165) is 0 Å². The average molecular weight is 235 g/mol. The SMILES string of the molecule is CCc1c(C(=O)O)nnn1-c1ccccc1F. The van der Waals surface area contributed by atoms with Crippen LogP contribution in [-0.4, -0.2) is 26.1 Å². The molecule has 0 aliphatic rings. The van der Waals surface area contributed by atoms with Crippen molar-refractivity contribution in [3.63, 3.8) is 0 Å². The van der Waals surface area contributed by atoms with Gasteiger partial charge in [0.05, 0.1) is 5.69 Å². The number of hydrogen-bond donors (Lipinski definition) is 1. The Bertz CT molecular complexity index is 566. The van der Waals surface area contributed by atoms with E-state index in [4.69, 9.17) is 5.11 Å². The number of para-hydroxylation sites is 1. The summed E-state index contributed by atoms with van der Waals surface area (Å²) in [4.78, 5) is 10.9. The third-order valence-corrected chi connectivity index (χ3v) is 2.38. The minimum Gasteiger partial charge on any atom is -0.476 e. The van der Waals surface area contributed by atoms with Crippen molar-refractivity contribution in [3.05, 3.63) is 41.5 Å². The van der Waals surface area contributed by atoms with Gasteiger partial charge in [-0.3, -0.25) is 0 Å². The molecule has 0 amide bonds. The van der Waals surface area contributed by atoms with Crippen LogP contribution in [0.4, 0.5) is 4.39 Å². The number of carbonyl (C=O) groups is 1. The summed E-state index contributed by atoms with van der Waals surface area (Å²) in [6, 6.07) is 6.02. The zero-order valence-corrected chi connectivity index (χ0v) is 9.09. The van der Waals surface area contributed by atoms with Crippen molar-refractivity contribution < 1.29 is 14.3 Å². The highest BCUT2D eigenvalue weighted by atomic mass is 19.1. The number of aromatic nitrogens is 3. The largest absolute Gasteiger partial charge is 0.476 e. The first-order chi connectivity index (χ1) is 8.15. The highest BCUT2D eigenvalue weighted by Gasteiger charge is 2.19. The summed E-state index contributed by atoms with van der Waals surface area (Å²) < 4.78 is 14.8. The predicted molar refractivity (Wildman–Crippen MR) is 57.7 cm³/mol.